The number of anilines is 5. The molecule has 1 N–H and O–H groups in total. The molecule has 3 heteroatoms. The molecular formula is C62H42N2S. The standard InChI is InChI=1S/C62H42N2S/c1-2-13-44(14-3-1)55-21-8-9-26-60(55)63-49-19-10-18-48(41-49)42-27-34-50(35-28-42)64(51-36-29-46(30-37-51)54-23-11-17-43-15-4-6-20-53(43)54)52-38-31-47(32-39-52)57-24-12-25-58-59-40-33-45-16-5-7-22-56(45)62(59)65-61(57)58/h1-41,63H. The molecule has 12 aromatic rings. The van der Waals surface area contributed by atoms with Gasteiger partial charge in [0.2, 0.25) is 0 Å². The van der Waals surface area contributed by atoms with E-state index in [1.165, 1.54) is 75.1 Å². The first-order chi connectivity index (χ1) is 32.2. The predicted molar refractivity (Wildman–Crippen MR) is 280 cm³/mol. The fraction of sp³-hybridized carbons (Fsp3) is 0. The Morgan fingerprint density at radius 1 is 0.292 bits per heavy atom. The van der Waals surface area contributed by atoms with Crippen LogP contribution in [0.2, 0.25) is 0 Å². The highest BCUT2D eigenvalue weighted by atomic mass is 32.1. The van der Waals surface area contributed by atoms with E-state index in [1.54, 1.807) is 0 Å². The van der Waals surface area contributed by atoms with Gasteiger partial charge < -0.3 is 10.2 Å². The van der Waals surface area contributed by atoms with Gasteiger partial charge in [0, 0.05) is 54.2 Å². The minimum Gasteiger partial charge on any atom is -0.355 e. The van der Waals surface area contributed by atoms with Gasteiger partial charge in [-0.05, 0) is 115 Å². The molecule has 0 atom stereocenters. The molecule has 12 rings (SSSR count). The number of thiophene rings is 1. The Morgan fingerprint density at radius 2 is 0.785 bits per heavy atom. The lowest BCUT2D eigenvalue weighted by Gasteiger charge is -2.26. The molecule has 0 saturated carbocycles. The SMILES string of the molecule is c1ccc(-c2ccccc2Nc2cccc(-c3ccc(N(c4ccc(-c5cccc6ccccc56)cc4)c4ccc(-c5cccc6c5sc5c7ccccc7ccc65)cc4)cc3)c2)cc1. The van der Waals surface area contributed by atoms with Gasteiger partial charge in [-0.1, -0.05) is 194 Å². The van der Waals surface area contributed by atoms with E-state index in [4.69, 9.17) is 0 Å². The summed E-state index contributed by atoms with van der Waals surface area (Å²) in [4.78, 5) is 2.37. The minimum absolute atomic E-state index is 1.04. The zero-order valence-corrected chi connectivity index (χ0v) is 36.3. The first-order valence-electron chi connectivity index (χ1n) is 22.2. The minimum atomic E-state index is 1.04. The lowest BCUT2D eigenvalue weighted by Crippen LogP contribution is -2.09. The molecule has 0 amide bonds. The average molecular weight is 847 g/mol. The number of nitrogens with zero attached hydrogens (tertiary/aromatic N) is 1. The van der Waals surface area contributed by atoms with Gasteiger partial charge in [0.25, 0.3) is 0 Å². The van der Waals surface area contributed by atoms with Crippen molar-refractivity contribution in [3.63, 3.8) is 0 Å². The van der Waals surface area contributed by atoms with Crippen LogP contribution < -0.4 is 10.2 Å². The van der Waals surface area contributed by atoms with Gasteiger partial charge in [0.05, 0.1) is 0 Å². The highest BCUT2D eigenvalue weighted by molar-refractivity contribution is 7.27. The number of rotatable bonds is 9. The molecule has 0 aliphatic carbocycles. The fourth-order valence-electron chi connectivity index (χ4n) is 9.45. The van der Waals surface area contributed by atoms with Crippen LogP contribution in [-0.4, -0.2) is 0 Å². The summed E-state index contributed by atoms with van der Waals surface area (Å²) in [6.07, 6.45) is 0. The van der Waals surface area contributed by atoms with Gasteiger partial charge in [-0.25, -0.2) is 0 Å². The third kappa shape index (κ3) is 7.19. The fourth-order valence-corrected chi connectivity index (χ4v) is 10.8. The second-order valence-corrected chi connectivity index (χ2v) is 17.6. The van der Waals surface area contributed by atoms with Crippen LogP contribution in [0.15, 0.2) is 249 Å². The van der Waals surface area contributed by atoms with Crippen LogP contribution in [0.1, 0.15) is 0 Å². The molecule has 0 spiro atoms. The van der Waals surface area contributed by atoms with E-state index in [1.807, 2.05) is 11.3 Å². The summed E-state index contributed by atoms with van der Waals surface area (Å²) in [7, 11) is 0. The highest BCUT2D eigenvalue weighted by Gasteiger charge is 2.17. The quantitative estimate of drug-likeness (QED) is 0.156. The molecule has 0 fully saturated rings. The Balaban J connectivity index is 0.901. The van der Waals surface area contributed by atoms with Crippen molar-refractivity contribution < 1.29 is 0 Å². The van der Waals surface area contributed by atoms with E-state index >= 15 is 0 Å². The number of hydrogen-bond donors (Lipinski definition) is 1. The van der Waals surface area contributed by atoms with Crippen molar-refractivity contribution in [2.24, 2.45) is 0 Å². The van der Waals surface area contributed by atoms with Crippen molar-refractivity contribution in [1.29, 1.82) is 0 Å². The summed E-state index contributed by atoms with van der Waals surface area (Å²) in [5.74, 6) is 0. The van der Waals surface area contributed by atoms with Gasteiger partial charge in [-0.15, -0.1) is 11.3 Å². The van der Waals surface area contributed by atoms with Crippen LogP contribution in [-0.2, 0) is 0 Å². The predicted octanol–water partition coefficient (Wildman–Crippen LogP) is 18.2. The van der Waals surface area contributed by atoms with Crippen molar-refractivity contribution in [2.45, 2.75) is 0 Å². The molecule has 1 aromatic heterocycles. The Bertz CT molecular complexity index is 3660. The summed E-state index contributed by atoms with van der Waals surface area (Å²) in [6.45, 7) is 0. The molecule has 0 saturated heterocycles. The number of fused-ring (bicyclic) bond motifs is 6. The molecular weight excluding hydrogens is 805 g/mol. The van der Waals surface area contributed by atoms with E-state index in [-0.39, 0.29) is 0 Å². The zero-order valence-electron chi connectivity index (χ0n) is 35.5. The van der Waals surface area contributed by atoms with Gasteiger partial charge in [0.1, 0.15) is 0 Å². The molecule has 11 aromatic carbocycles. The highest BCUT2D eigenvalue weighted by Crippen LogP contribution is 2.44. The summed E-state index contributed by atoms with van der Waals surface area (Å²) in [5.41, 5.74) is 15.0. The molecule has 0 aliphatic rings. The third-order valence-corrected chi connectivity index (χ3v) is 14.0. The lowest BCUT2D eigenvalue weighted by atomic mass is 9.98. The first kappa shape index (κ1) is 38.4. The third-order valence-electron chi connectivity index (χ3n) is 12.7. The van der Waals surface area contributed by atoms with Crippen LogP contribution in [0.5, 0.6) is 0 Å². The van der Waals surface area contributed by atoms with Gasteiger partial charge in [0.15, 0.2) is 0 Å². The largest absolute Gasteiger partial charge is 0.355 e. The second-order valence-electron chi connectivity index (χ2n) is 16.6. The van der Waals surface area contributed by atoms with Crippen LogP contribution in [0.4, 0.5) is 28.4 Å². The summed E-state index contributed by atoms with van der Waals surface area (Å²) in [6, 6.07) is 90.0. The van der Waals surface area contributed by atoms with Crippen LogP contribution >= 0.6 is 11.3 Å². The number of benzene rings is 11. The molecule has 1 heterocycles. The van der Waals surface area contributed by atoms with E-state index < -0.39 is 0 Å². The number of nitrogens with one attached hydrogen (secondary N) is 1. The number of hydrogen-bond acceptors (Lipinski definition) is 3. The van der Waals surface area contributed by atoms with E-state index in [9.17, 15) is 0 Å². The Labute approximate surface area is 383 Å². The maximum absolute atomic E-state index is 3.71. The molecule has 0 aliphatic heterocycles. The van der Waals surface area contributed by atoms with Crippen molar-refractivity contribution in [2.75, 3.05) is 10.2 Å². The van der Waals surface area contributed by atoms with Gasteiger partial charge >= 0.3 is 0 Å². The van der Waals surface area contributed by atoms with Crippen LogP contribution in [0.3, 0.4) is 0 Å². The van der Waals surface area contributed by atoms with Crippen molar-refractivity contribution >= 4 is 81.5 Å². The molecule has 0 radical (unpaired) electrons. The van der Waals surface area contributed by atoms with Gasteiger partial charge in [-0.2, -0.15) is 0 Å². The van der Waals surface area contributed by atoms with E-state index in [2.05, 4.69) is 259 Å². The molecule has 2 nitrogen and oxygen atoms in total. The van der Waals surface area contributed by atoms with Crippen LogP contribution in [0, 0.1) is 0 Å². The smallest absolute Gasteiger partial charge is 0.0463 e. The number of para-hydroxylation sites is 1. The summed E-state index contributed by atoms with van der Waals surface area (Å²) < 4.78 is 2.67. The van der Waals surface area contributed by atoms with E-state index in [0.29, 0.717) is 0 Å². The van der Waals surface area contributed by atoms with Gasteiger partial charge in [-0.3, -0.25) is 0 Å². The molecule has 0 bridgehead atoms. The zero-order chi connectivity index (χ0) is 43.1. The first-order valence-corrected chi connectivity index (χ1v) is 23.0. The average Bonchev–Trinajstić information content (AvgIpc) is 3.77. The summed E-state index contributed by atoms with van der Waals surface area (Å²) in [5, 5.41) is 11.4. The van der Waals surface area contributed by atoms with Crippen molar-refractivity contribution in [1.82, 2.24) is 0 Å². The Kier molecular flexibility index (Phi) is 9.74. The van der Waals surface area contributed by atoms with Crippen molar-refractivity contribution in [3.05, 3.63) is 249 Å². The maximum Gasteiger partial charge on any atom is 0.0463 e. The van der Waals surface area contributed by atoms with Crippen molar-refractivity contribution in [3.8, 4) is 44.5 Å². The van der Waals surface area contributed by atoms with E-state index in [0.717, 1.165) is 39.6 Å². The van der Waals surface area contributed by atoms with Crippen LogP contribution in [0.25, 0.3) is 86.2 Å². The topological polar surface area (TPSA) is 15.3 Å². The molecule has 0 unspecified atom stereocenters. The second kappa shape index (κ2) is 16.5. The lowest BCUT2D eigenvalue weighted by molar-refractivity contribution is 1.28. The maximum atomic E-state index is 3.71. The Morgan fingerprint density at radius 3 is 1.54 bits per heavy atom. The molecule has 306 valence electrons. The monoisotopic (exact) mass is 846 g/mol. The summed E-state index contributed by atoms with van der Waals surface area (Å²) >= 11 is 1.90. The normalized spacial score (nSPS) is 11.4. The molecule has 65 heavy (non-hydrogen) atoms. The Hall–Kier alpha value is -8.24.